The lowest BCUT2D eigenvalue weighted by Crippen LogP contribution is -2.20. The van der Waals surface area contributed by atoms with Crippen molar-refractivity contribution in [3.63, 3.8) is 0 Å². The molecule has 0 fully saturated rings. The third kappa shape index (κ3) is 4.38. The number of rotatable bonds is 6. The summed E-state index contributed by atoms with van der Waals surface area (Å²) in [7, 11) is 2.75. The lowest BCUT2D eigenvalue weighted by molar-refractivity contribution is -0.140. The minimum atomic E-state index is -2.98. The van der Waals surface area contributed by atoms with Crippen molar-refractivity contribution < 1.29 is 27.8 Å². The molecule has 0 saturated carbocycles. The minimum Gasteiger partial charge on any atom is -0.468 e. The van der Waals surface area contributed by atoms with E-state index in [4.69, 9.17) is 4.74 Å². The summed E-state index contributed by atoms with van der Waals surface area (Å²) in [4.78, 5) is 10.7. The number of ether oxygens (including phenoxy) is 3. The fourth-order valence-corrected chi connectivity index (χ4v) is 2.22. The van der Waals surface area contributed by atoms with E-state index in [2.05, 4.69) is 25.4 Å². The van der Waals surface area contributed by atoms with Gasteiger partial charge in [0.05, 0.1) is 12.7 Å². The molecule has 0 spiro atoms. The predicted molar refractivity (Wildman–Crippen MR) is 76.8 cm³/mol. The van der Waals surface area contributed by atoms with E-state index in [-0.39, 0.29) is 11.3 Å². The van der Waals surface area contributed by atoms with Gasteiger partial charge in [-0.15, -0.1) is 0 Å². The summed E-state index contributed by atoms with van der Waals surface area (Å²) in [5.74, 6) is -0.700. The van der Waals surface area contributed by atoms with Crippen LogP contribution in [-0.2, 0) is 19.9 Å². The average Bonchev–Trinajstić information content (AvgIpc) is 2.45. The van der Waals surface area contributed by atoms with Crippen molar-refractivity contribution in [1.29, 1.82) is 0 Å². The van der Waals surface area contributed by atoms with Crippen molar-refractivity contribution >= 4 is 21.9 Å². The van der Waals surface area contributed by atoms with Gasteiger partial charge in [0.15, 0.2) is 0 Å². The Morgan fingerprint density at radius 3 is 2.38 bits per heavy atom. The molecule has 4 nitrogen and oxygen atoms in total. The number of carbonyl (C=O) groups is 1. The summed E-state index contributed by atoms with van der Waals surface area (Å²) < 4.78 is 39.4. The first kappa shape index (κ1) is 17.8. The van der Waals surface area contributed by atoms with Gasteiger partial charge in [0.2, 0.25) is 0 Å². The Bertz CT molecular complexity index is 506. The molecule has 1 aromatic rings. The smallest absolute Gasteiger partial charge is 0.387 e. The first-order valence-electron chi connectivity index (χ1n) is 6.09. The van der Waals surface area contributed by atoms with Crippen LogP contribution in [0.25, 0.3) is 0 Å². The van der Waals surface area contributed by atoms with Crippen LogP contribution in [0.15, 0.2) is 18.2 Å². The Kier molecular flexibility index (Phi) is 6.10. The molecule has 1 unspecified atom stereocenters. The number of esters is 1. The number of methoxy groups -OCH3 is 2. The molecule has 0 aliphatic heterocycles. The Balaban J connectivity index is 3.32. The zero-order chi connectivity index (χ0) is 16.2. The van der Waals surface area contributed by atoms with E-state index in [9.17, 15) is 13.6 Å². The zero-order valence-electron chi connectivity index (χ0n) is 12.2. The number of alkyl halides is 3. The molecule has 0 radical (unpaired) electrons. The molecule has 0 bridgehead atoms. The average molecular weight is 367 g/mol. The zero-order valence-corrected chi connectivity index (χ0v) is 13.7. The van der Waals surface area contributed by atoms with E-state index in [1.165, 1.54) is 20.3 Å². The van der Waals surface area contributed by atoms with Crippen molar-refractivity contribution in [2.24, 2.45) is 0 Å². The Morgan fingerprint density at radius 1 is 1.29 bits per heavy atom. The second-order valence-electron chi connectivity index (χ2n) is 4.73. The van der Waals surface area contributed by atoms with Gasteiger partial charge in [-0.05, 0) is 31.5 Å². The fraction of sp³-hybridized carbons (Fsp3) is 0.500. The summed E-state index contributed by atoms with van der Waals surface area (Å²) in [6.07, 6.45) is 0. The van der Waals surface area contributed by atoms with Crippen LogP contribution in [0.4, 0.5) is 8.78 Å². The van der Waals surface area contributed by atoms with Crippen LogP contribution in [0.3, 0.4) is 0 Å². The van der Waals surface area contributed by atoms with Crippen LogP contribution >= 0.6 is 15.9 Å². The van der Waals surface area contributed by atoms with Crippen LogP contribution in [-0.4, -0.2) is 26.8 Å². The van der Waals surface area contributed by atoms with E-state index in [0.717, 1.165) is 5.56 Å². The van der Waals surface area contributed by atoms with Crippen molar-refractivity contribution in [3.05, 3.63) is 29.3 Å². The van der Waals surface area contributed by atoms with Gasteiger partial charge in [0, 0.05) is 12.7 Å². The van der Waals surface area contributed by atoms with Crippen LogP contribution < -0.4 is 4.74 Å². The standard InChI is InChI=1S/C14H17BrF2O4/c1-14(2,20-4)8-5-6-10(21-13(16)17)9(7-8)11(15)12(18)19-3/h5-7,11,13H,1-4H3. The largest absolute Gasteiger partial charge is 0.468 e. The molecule has 118 valence electrons. The molecule has 1 rings (SSSR count). The van der Waals surface area contributed by atoms with E-state index in [1.807, 2.05) is 13.8 Å². The van der Waals surface area contributed by atoms with Crippen LogP contribution in [0.5, 0.6) is 5.75 Å². The second-order valence-corrected chi connectivity index (χ2v) is 5.65. The maximum Gasteiger partial charge on any atom is 0.387 e. The van der Waals surface area contributed by atoms with E-state index in [0.29, 0.717) is 0 Å². The molecule has 0 saturated heterocycles. The molecule has 7 heteroatoms. The highest BCUT2D eigenvalue weighted by molar-refractivity contribution is 9.09. The summed E-state index contributed by atoms with van der Waals surface area (Å²) in [5.41, 5.74) is 0.334. The highest BCUT2D eigenvalue weighted by Gasteiger charge is 2.27. The maximum atomic E-state index is 12.5. The van der Waals surface area contributed by atoms with Gasteiger partial charge in [-0.3, -0.25) is 4.79 Å². The summed E-state index contributed by atoms with van der Waals surface area (Å²) in [5, 5.41) is 0. The van der Waals surface area contributed by atoms with Gasteiger partial charge >= 0.3 is 12.6 Å². The van der Waals surface area contributed by atoms with Crippen LogP contribution in [0.1, 0.15) is 29.8 Å². The lowest BCUT2D eigenvalue weighted by Gasteiger charge is -2.25. The minimum absolute atomic E-state index is 0.0899. The predicted octanol–water partition coefficient (Wildman–Crippen LogP) is 3.78. The first-order valence-corrected chi connectivity index (χ1v) is 7.00. The third-order valence-electron chi connectivity index (χ3n) is 3.11. The normalized spacial score (nSPS) is 13.1. The van der Waals surface area contributed by atoms with E-state index < -0.39 is 23.0 Å². The molecule has 0 heterocycles. The molecule has 0 aliphatic rings. The summed E-state index contributed by atoms with van der Waals surface area (Å²) in [6.45, 7) is 0.657. The van der Waals surface area contributed by atoms with Gasteiger partial charge in [-0.1, -0.05) is 22.0 Å². The molecule has 0 aromatic heterocycles. The SMILES string of the molecule is COC(=O)C(Br)c1cc(C(C)(C)OC)ccc1OC(F)F. The molecular formula is C14H17BrF2O4. The monoisotopic (exact) mass is 366 g/mol. The van der Waals surface area contributed by atoms with E-state index >= 15 is 0 Å². The molecule has 1 aromatic carbocycles. The van der Waals surface area contributed by atoms with Crippen molar-refractivity contribution in [3.8, 4) is 5.75 Å². The van der Waals surface area contributed by atoms with Gasteiger partial charge in [0.25, 0.3) is 0 Å². The number of hydrogen-bond acceptors (Lipinski definition) is 4. The Labute approximate surface area is 130 Å². The third-order valence-corrected chi connectivity index (χ3v) is 3.98. The van der Waals surface area contributed by atoms with E-state index in [1.54, 1.807) is 12.1 Å². The lowest BCUT2D eigenvalue weighted by atomic mass is 9.95. The quantitative estimate of drug-likeness (QED) is 0.567. The van der Waals surface area contributed by atoms with Gasteiger partial charge < -0.3 is 14.2 Å². The molecule has 1 atom stereocenters. The van der Waals surface area contributed by atoms with Crippen LogP contribution in [0, 0.1) is 0 Å². The summed E-state index contributed by atoms with van der Waals surface area (Å²) in [6, 6.07) is 4.58. The van der Waals surface area contributed by atoms with Crippen molar-refractivity contribution in [1.82, 2.24) is 0 Å². The highest BCUT2D eigenvalue weighted by atomic mass is 79.9. The number of benzene rings is 1. The molecule has 0 aliphatic carbocycles. The molecule has 0 amide bonds. The van der Waals surface area contributed by atoms with Crippen LogP contribution in [0.2, 0.25) is 0 Å². The Hall–Kier alpha value is -1.21. The van der Waals surface area contributed by atoms with Gasteiger partial charge in [-0.25, -0.2) is 0 Å². The summed E-state index contributed by atoms with van der Waals surface area (Å²) >= 11 is 3.13. The molecule has 21 heavy (non-hydrogen) atoms. The number of carbonyl (C=O) groups excluding carboxylic acids is 1. The Morgan fingerprint density at radius 2 is 1.90 bits per heavy atom. The second kappa shape index (κ2) is 7.17. The highest BCUT2D eigenvalue weighted by Crippen LogP contribution is 2.36. The van der Waals surface area contributed by atoms with Crippen molar-refractivity contribution in [2.75, 3.05) is 14.2 Å². The number of hydrogen-bond donors (Lipinski definition) is 0. The first-order chi connectivity index (χ1) is 9.72. The molecule has 0 N–H and O–H groups in total. The topological polar surface area (TPSA) is 44.8 Å². The maximum absolute atomic E-state index is 12.5. The van der Waals surface area contributed by atoms with Gasteiger partial charge in [0.1, 0.15) is 10.6 Å². The molecular weight excluding hydrogens is 350 g/mol. The van der Waals surface area contributed by atoms with Gasteiger partial charge in [-0.2, -0.15) is 8.78 Å². The number of halogens is 3. The fourth-order valence-electron chi connectivity index (χ4n) is 1.67. The van der Waals surface area contributed by atoms with Crippen molar-refractivity contribution in [2.45, 2.75) is 30.9 Å².